The number of benzene rings is 1. The summed E-state index contributed by atoms with van der Waals surface area (Å²) in [7, 11) is 0. The fraction of sp³-hybridized carbons (Fsp3) is 0.633. The smallest absolute Gasteiger partial charge is 0.316 e. The van der Waals surface area contributed by atoms with Crippen molar-refractivity contribution in [2.45, 2.75) is 77.2 Å². The Morgan fingerprint density at radius 3 is 2.07 bits per heavy atom. The molecule has 1 aliphatic heterocycles. The van der Waals surface area contributed by atoms with Crippen LogP contribution >= 0.6 is 23.2 Å². The first-order valence-corrected chi connectivity index (χ1v) is 16.1. The number of anilines is 1. The van der Waals surface area contributed by atoms with Crippen molar-refractivity contribution in [2.24, 2.45) is 0 Å². The van der Waals surface area contributed by atoms with Gasteiger partial charge in [-0.2, -0.15) is 0 Å². The van der Waals surface area contributed by atoms with Crippen LogP contribution in [0.1, 0.15) is 45.6 Å². The molecule has 1 saturated heterocycles. The molecule has 1 aromatic rings. The molecule has 5 atom stereocenters. The molecule has 0 unspecified atom stereocenters. The number of alkyl halides is 3. The average molecular weight is 694 g/mol. The number of rotatable bonds is 18. The lowest BCUT2D eigenvalue weighted by Crippen LogP contribution is -2.64. The third-order valence-electron chi connectivity index (χ3n) is 6.78. The summed E-state index contributed by atoms with van der Waals surface area (Å²) in [5.41, 5.74) is 2.19. The van der Waals surface area contributed by atoms with E-state index >= 15 is 4.39 Å². The average Bonchev–Trinajstić information content (AvgIpc) is 3.00. The van der Waals surface area contributed by atoms with E-state index in [9.17, 15) is 24.0 Å². The van der Waals surface area contributed by atoms with Crippen LogP contribution in [-0.2, 0) is 44.5 Å². The Balaban J connectivity index is 1.76. The van der Waals surface area contributed by atoms with Crippen LogP contribution in [0.3, 0.4) is 0 Å². The molecule has 0 aliphatic carbocycles. The molecular formula is C30H43Cl2FN4O9. The van der Waals surface area contributed by atoms with Crippen LogP contribution in [0.4, 0.5) is 14.9 Å². The van der Waals surface area contributed by atoms with Gasteiger partial charge in [0, 0.05) is 70.8 Å². The largest absolute Gasteiger partial charge is 0.463 e. The van der Waals surface area contributed by atoms with E-state index in [1.54, 1.807) is 0 Å². The lowest BCUT2D eigenvalue weighted by molar-refractivity contribution is -0.238. The zero-order valence-corrected chi connectivity index (χ0v) is 27.7. The van der Waals surface area contributed by atoms with Crippen molar-refractivity contribution in [3.05, 3.63) is 29.8 Å². The highest BCUT2D eigenvalue weighted by Gasteiger charge is 2.51. The summed E-state index contributed by atoms with van der Waals surface area (Å²) in [5, 5.41) is 7.66. The minimum atomic E-state index is -2.13. The number of aryl methyl sites for hydroxylation is 1. The van der Waals surface area contributed by atoms with E-state index in [1.165, 1.54) is 0 Å². The van der Waals surface area contributed by atoms with Gasteiger partial charge in [-0.25, -0.2) is 9.18 Å². The van der Waals surface area contributed by atoms with Gasteiger partial charge >= 0.3 is 23.9 Å². The number of ether oxygens (including phenoxy) is 4. The van der Waals surface area contributed by atoms with Gasteiger partial charge < -0.3 is 39.8 Å². The maximum atomic E-state index is 15.4. The molecular weight excluding hydrogens is 650 g/mol. The van der Waals surface area contributed by atoms with E-state index < -0.39 is 61.3 Å². The van der Waals surface area contributed by atoms with Crippen LogP contribution in [0.5, 0.6) is 0 Å². The normalized spacial score (nSPS) is 20.6. The highest BCUT2D eigenvalue weighted by atomic mass is 35.5. The predicted molar refractivity (Wildman–Crippen MR) is 168 cm³/mol. The molecule has 1 heterocycles. The summed E-state index contributed by atoms with van der Waals surface area (Å²) in [6.45, 7) is 4.80. The van der Waals surface area contributed by atoms with Gasteiger partial charge in [-0.3, -0.25) is 19.2 Å². The molecule has 258 valence electrons. The molecule has 0 bridgehead atoms. The number of urea groups is 1. The molecule has 0 spiro atoms. The van der Waals surface area contributed by atoms with Crippen LogP contribution in [0, 0.1) is 0 Å². The number of hydrogen-bond acceptors (Lipinski definition) is 10. The Hall–Kier alpha value is -3.36. The van der Waals surface area contributed by atoms with Gasteiger partial charge in [0.15, 0.2) is 24.6 Å². The molecule has 2 rings (SSSR count). The molecule has 0 saturated carbocycles. The summed E-state index contributed by atoms with van der Waals surface area (Å²) in [4.78, 5) is 61.4. The topological polar surface area (TPSA) is 162 Å². The summed E-state index contributed by atoms with van der Waals surface area (Å²) in [6.07, 6.45) is -6.09. The van der Waals surface area contributed by atoms with Crippen molar-refractivity contribution in [1.29, 1.82) is 0 Å². The highest BCUT2D eigenvalue weighted by Crippen LogP contribution is 2.28. The van der Waals surface area contributed by atoms with E-state index in [4.69, 9.17) is 42.1 Å². The van der Waals surface area contributed by atoms with Crippen molar-refractivity contribution in [1.82, 2.24) is 16.0 Å². The molecule has 3 amide bonds. The van der Waals surface area contributed by atoms with Crippen molar-refractivity contribution in [2.75, 3.05) is 49.4 Å². The van der Waals surface area contributed by atoms with E-state index in [1.807, 2.05) is 24.3 Å². The lowest BCUT2D eigenvalue weighted by Gasteiger charge is -2.42. The number of esters is 3. The molecule has 16 heteroatoms. The Kier molecular flexibility index (Phi) is 17.5. The third kappa shape index (κ3) is 14.0. The molecule has 3 N–H and O–H groups in total. The first-order chi connectivity index (χ1) is 21.9. The van der Waals surface area contributed by atoms with E-state index in [-0.39, 0.29) is 18.9 Å². The quantitative estimate of drug-likeness (QED) is 0.0903. The molecule has 1 aromatic carbocycles. The number of nitrogens with one attached hydrogen (secondary N) is 3. The number of hydrogen-bond donors (Lipinski definition) is 3. The summed E-state index contributed by atoms with van der Waals surface area (Å²) < 4.78 is 36.0. The standard InChI is InChI=1S/C30H43Cl2FN4O9/c1-19(38)43-18-24-27(44-20(2)39)28(45-21(3)40)26(33)29(46-24)36-30(42)35-15-5-7-25(41)34-14-4-6-22-8-10-23(11-9-22)37(16-12-31)17-13-32/h8-11,24,26-29H,4-7,12-18H2,1-3H3,(H,34,41)(H2,35,36,42)/t24-,26+,27-,28-,29-/m1/s1. The molecule has 1 aliphatic rings. The number of amides is 3. The fourth-order valence-electron chi connectivity index (χ4n) is 4.70. The fourth-order valence-corrected chi connectivity index (χ4v) is 5.11. The third-order valence-corrected chi connectivity index (χ3v) is 7.12. The van der Waals surface area contributed by atoms with E-state index in [0.717, 1.165) is 44.9 Å². The predicted octanol–water partition coefficient (Wildman–Crippen LogP) is 2.59. The van der Waals surface area contributed by atoms with Crippen molar-refractivity contribution >= 4 is 58.7 Å². The molecule has 46 heavy (non-hydrogen) atoms. The zero-order chi connectivity index (χ0) is 34.1. The minimum Gasteiger partial charge on any atom is -0.463 e. The van der Waals surface area contributed by atoms with Gasteiger partial charge in [-0.1, -0.05) is 12.1 Å². The number of carbonyl (C=O) groups is 5. The second kappa shape index (κ2) is 20.7. The van der Waals surface area contributed by atoms with Crippen LogP contribution in [0.15, 0.2) is 24.3 Å². The summed E-state index contributed by atoms with van der Waals surface area (Å²) in [5.74, 6) is -1.50. The van der Waals surface area contributed by atoms with Crippen LogP contribution in [-0.4, -0.2) is 105 Å². The Labute approximate surface area is 278 Å². The van der Waals surface area contributed by atoms with Gasteiger partial charge in [0.1, 0.15) is 12.7 Å². The number of nitrogens with zero attached hydrogens (tertiary/aromatic N) is 1. The zero-order valence-electron chi connectivity index (χ0n) is 26.2. The molecule has 0 aromatic heterocycles. The highest BCUT2D eigenvalue weighted by molar-refractivity contribution is 6.18. The minimum absolute atomic E-state index is 0.0973. The van der Waals surface area contributed by atoms with E-state index in [0.29, 0.717) is 37.8 Å². The van der Waals surface area contributed by atoms with Crippen molar-refractivity contribution in [3.8, 4) is 0 Å². The van der Waals surface area contributed by atoms with Gasteiger partial charge in [0.05, 0.1) is 0 Å². The first kappa shape index (κ1) is 38.8. The van der Waals surface area contributed by atoms with Gasteiger partial charge in [0.25, 0.3) is 0 Å². The van der Waals surface area contributed by atoms with Crippen molar-refractivity contribution in [3.63, 3.8) is 0 Å². The summed E-state index contributed by atoms with van der Waals surface area (Å²) in [6, 6.07) is 7.34. The molecule has 1 fully saturated rings. The maximum Gasteiger partial charge on any atom is 0.316 e. The van der Waals surface area contributed by atoms with Crippen LogP contribution in [0.2, 0.25) is 0 Å². The number of carbonyl (C=O) groups excluding carboxylic acids is 5. The van der Waals surface area contributed by atoms with E-state index in [2.05, 4.69) is 20.9 Å². The second-order valence-corrected chi connectivity index (χ2v) is 11.2. The molecule has 13 nitrogen and oxygen atoms in total. The Bertz CT molecular complexity index is 1140. The van der Waals surface area contributed by atoms with Crippen LogP contribution < -0.4 is 20.9 Å². The van der Waals surface area contributed by atoms with Gasteiger partial charge in [0.2, 0.25) is 5.91 Å². The SMILES string of the molecule is CC(=O)OC[C@H]1O[C@@H](NC(=O)NCCCC(=O)NCCCc2ccc(N(CCCl)CCCl)cc2)[C@@H](F)[C@@H](OC(C)=O)[C@@H]1OC(C)=O. The molecule has 0 radical (unpaired) electrons. The van der Waals surface area contributed by atoms with Gasteiger partial charge in [-0.05, 0) is 37.0 Å². The second-order valence-electron chi connectivity index (χ2n) is 10.5. The Morgan fingerprint density at radius 1 is 0.870 bits per heavy atom. The monoisotopic (exact) mass is 692 g/mol. The maximum absolute atomic E-state index is 15.4. The van der Waals surface area contributed by atoms with Crippen LogP contribution in [0.25, 0.3) is 0 Å². The summed E-state index contributed by atoms with van der Waals surface area (Å²) >= 11 is 11.8. The number of halogens is 3. The van der Waals surface area contributed by atoms with Crippen molar-refractivity contribution < 1.29 is 47.3 Å². The Morgan fingerprint density at radius 2 is 1.48 bits per heavy atom. The lowest BCUT2D eigenvalue weighted by atomic mass is 9.98. The first-order valence-electron chi connectivity index (χ1n) is 15.0. The van der Waals surface area contributed by atoms with Gasteiger partial charge in [-0.15, -0.1) is 23.2 Å².